The number of pyridine rings is 2. The van der Waals surface area contributed by atoms with E-state index in [2.05, 4.69) is 57.4 Å². The van der Waals surface area contributed by atoms with Gasteiger partial charge in [-0.15, -0.1) is 0 Å². The van der Waals surface area contributed by atoms with Crippen molar-refractivity contribution in [2.45, 2.75) is 39.7 Å². The molecule has 176 valence electrons. The van der Waals surface area contributed by atoms with Gasteiger partial charge in [0.1, 0.15) is 6.07 Å². The van der Waals surface area contributed by atoms with E-state index in [1.54, 1.807) is 6.20 Å². The second-order valence-corrected chi connectivity index (χ2v) is 9.18. The van der Waals surface area contributed by atoms with Crippen LogP contribution >= 0.6 is 0 Å². The molecule has 6 nitrogen and oxygen atoms in total. The summed E-state index contributed by atoms with van der Waals surface area (Å²) < 4.78 is 0. The van der Waals surface area contributed by atoms with E-state index in [1.807, 2.05) is 37.4 Å². The Balaban J connectivity index is 1.45. The lowest BCUT2D eigenvalue weighted by molar-refractivity contribution is 0.218. The van der Waals surface area contributed by atoms with Gasteiger partial charge in [0.25, 0.3) is 0 Å². The normalized spacial score (nSPS) is 14.4. The number of anilines is 2. The van der Waals surface area contributed by atoms with Crippen LogP contribution in [0.5, 0.6) is 0 Å². The van der Waals surface area contributed by atoms with Gasteiger partial charge in [0, 0.05) is 46.8 Å². The van der Waals surface area contributed by atoms with Crippen LogP contribution in [0.15, 0.2) is 48.8 Å². The molecule has 5 rings (SSSR count). The van der Waals surface area contributed by atoms with Gasteiger partial charge >= 0.3 is 0 Å². The van der Waals surface area contributed by atoms with E-state index in [0.29, 0.717) is 5.56 Å². The van der Waals surface area contributed by atoms with Crippen molar-refractivity contribution >= 4 is 34.4 Å². The lowest BCUT2D eigenvalue weighted by Gasteiger charge is -2.25. The molecule has 0 spiro atoms. The van der Waals surface area contributed by atoms with E-state index in [0.717, 1.165) is 70.1 Å². The third-order valence-corrected chi connectivity index (χ3v) is 6.78. The molecule has 4 heterocycles. The number of H-pyrrole nitrogens is 1. The molecule has 3 aromatic heterocycles. The Morgan fingerprint density at radius 1 is 1.09 bits per heavy atom. The van der Waals surface area contributed by atoms with Crippen molar-refractivity contribution in [3.8, 4) is 6.07 Å². The molecule has 0 amide bonds. The lowest BCUT2D eigenvalue weighted by Crippen LogP contribution is -2.29. The van der Waals surface area contributed by atoms with Crippen molar-refractivity contribution < 1.29 is 0 Å². The van der Waals surface area contributed by atoms with E-state index >= 15 is 0 Å². The van der Waals surface area contributed by atoms with Gasteiger partial charge in [0.2, 0.25) is 0 Å². The lowest BCUT2D eigenvalue weighted by atomic mass is 10.0. The number of fused-ring (bicyclic) bond motifs is 1. The second-order valence-electron chi connectivity index (χ2n) is 9.18. The fraction of sp³-hybridized carbons (Fsp3) is 0.276. The third-order valence-electron chi connectivity index (χ3n) is 6.78. The number of likely N-dealkylation sites (tertiary alicyclic amines) is 1. The standard InChI is InChI=1S/C29H30N6/c1-20-25-13-14-31-28(25)12-11-27(20)34-29-22(17-30)18-32-21(2)26(29)10-9-23-7-6-8-24(33-23)19-35-15-4-3-5-16-35/h6-14,18,31H,3-5,15-16,19H2,1-2H3,(H,32,34)/b10-9+. The Labute approximate surface area is 206 Å². The molecule has 35 heavy (non-hydrogen) atoms. The first-order chi connectivity index (χ1) is 17.1. The van der Waals surface area contributed by atoms with Crippen molar-refractivity contribution in [3.63, 3.8) is 0 Å². The summed E-state index contributed by atoms with van der Waals surface area (Å²) in [6.45, 7) is 7.24. The first-order valence-electron chi connectivity index (χ1n) is 12.2. The fourth-order valence-corrected chi connectivity index (χ4v) is 4.79. The molecule has 1 aromatic carbocycles. The second kappa shape index (κ2) is 10.1. The minimum Gasteiger partial charge on any atom is -0.361 e. The molecular formula is C29H30N6. The number of nitrogens with one attached hydrogen (secondary N) is 2. The van der Waals surface area contributed by atoms with Gasteiger partial charge < -0.3 is 10.3 Å². The van der Waals surface area contributed by atoms with Crippen LogP contribution in [0.1, 0.15) is 53.0 Å². The molecule has 0 bridgehead atoms. The van der Waals surface area contributed by atoms with Crippen LogP contribution in [0.2, 0.25) is 0 Å². The smallest absolute Gasteiger partial charge is 0.103 e. The predicted molar refractivity (Wildman–Crippen MR) is 142 cm³/mol. The number of aryl methyl sites for hydroxylation is 2. The van der Waals surface area contributed by atoms with Crippen LogP contribution in [-0.4, -0.2) is 32.9 Å². The topological polar surface area (TPSA) is 80.6 Å². The van der Waals surface area contributed by atoms with E-state index < -0.39 is 0 Å². The summed E-state index contributed by atoms with van der Waals surface area (Å²) in [5.74, 6) is 0. The highest BCUT2D eigenvalue weighted by Crippen LogP contribution is 2.32. The average Bonchev–Trinajstić information content (AvgIpc) is 3.36. The Bertz CT molecular complexity index is 1420. The maximum Gasteiger partial charge on any atom is 0.103 e. The summed E-state index contributed by atoms with van der Waals surface area (Å²) in [5.41, 5.74) is 8.19. The zero-order valence-electron chi connectivity index (χ0n) is 20.3. The van der Waals surface area contributed by atoms with Crippen LogP contribution in [0.3, 0.4) is 0 Å². The van der Waals surface area contributed by atoms with Gasteiger partial charge in [-0.05, 0) is 87.8 Å². The van der Waals surface area contributed by atoms with Crippen molar-refractivity contribution in [3.05, 3.63) is 82.6 Å². The zero-order valence-corrected chi connectivity index (χ0v) is 20.3. The van der Waals surface area contributed by atoms with E-state index in [-0.39, 0.29) is 0 Å². The number of aromatic nitrogens is 3. The summed E-state index contributed by atoms with van der Waals surface area (Å²) in [6.07, 6.45) is 11.5. The van der Waals surface area contributed by atoms with Gasteiger partial charge in [0.05, 0.1) is 22.6 Å². The Morgan fingerprint density at radius 3 is 2.77 bits per heavy atom. The number of benzene rings is 1. The van der Waals surface area contributed by atoms with Gasteiger partial charge in [-0.2, -0.15) is 5.26 Å². The van der Waals surface area contributed by atoms with E-state index in [1.165, 1.54) is 19.3 Å². The molecule has 0 unspecified atom stereocenters. The largest absolute Gasteiger partial charge is 0.361 e. The third kappa shape index (κ3) is 4.96. The van der Waals surface area contributed by atoms with Crippen LogP contribution in [0, 0.1) is 25.2 Å². The minimum absolute atomic E-state index is 0.510. The molecule has 1 fully saturated rings. The molecule has 2 N–H and O–H groups in total. The summed E-state index contributed by atoms with van der Waals surface area (Å²) in [5, 5.41) is 14.5. The Hall–Kier alpha value is -3.95. The van der Waals surface area contributed by atoms with Gasteiger partial charge in [-0.3, -0.25) is 14.9 Å². The predicted octanol–water partition coefficient (Wildman–Crippen LogP) is 6.35. The average molecular weight is 463 g/mol. The summed E-state index contributed by atoms with van der Waals surface area (Å²) in [6, 6.07) is 14.7. The molecule has 0 saturated carbocycles. The van der Waals surface area contributed by atoms with Gasteiger partial charge in [0.15, 0.2) is 0 Å². The molecule has 1 aliphatic heterocycles. The highest BCUT2D eigenvalue weighted by Gasteiger charge is 2.14. The Kier molecular flexibility index (Phi) is 6.60. The molecule has 6 heteroatoms. The number of piperidine rings is 1. The molecule has 0 radical (unpaired) electrons. The molecule has 1 saturated heterocycles. The fourth-order valence-electron chi connectivity index (χ4n) is 4.79. The molecule has 1 aliphatic rings. The highest BCUT2D eigenvalue weighted by molar-refractivity contribution is 5.90. The summed E-state index contributed by atoms with van der Waals surface area (Å²) >= 11 is 0. The number of rotatable bonds is 6. The number of hydrogen-bond acceptors (Lipinski definition) is 5. The summed E-state index contributed by atoms with van der Waals surface area (Å²) in [4.78, 5) is 15.1. The van der Waals surface area contributed by atoms with Crippen molar-refractivity contribution in [2.24, 2.45) is 0 Å². The number of nitriles is 1. The SMILES string of the molecule is Cc1ncc(C#N)c(Nc2ccc3[nH]ccc3c2C)c1/C=C/c1cccc(CN2CCCCC2)n1. The quantitative estimate of drug-likeness (QED) is 0.349. The van der Waals surface area contributed by atoms with E-state index in [4.69, 9.17) is 4.98 Å². The number of aromatic amines is 1. The first-order valence-corrected chi connectivity index (χ1v) is 12.2. The van der Waals surface area contributed by atoms with E-state index in [9.17, 15) is 5.26 Å². The molecule has 0 aliphatic carbocycles. The maximum absolute atomic E-state index is 9.82. The maximum atomic E-state index is 9.82. The van der Waals surface area contributed by atoms with Crippen LogP contribution in [0.4, 0.5) is 11.4 Å². The van der Waals surface area contributed by atoms with Crippen LogP contribution in [0.25, 0.3) is 23.1 Å². The Morgan fingerprint density at radius 2 is 1.94 bits per heavy atom. The minimum atomic E-state index is 0.510. The van der Waals surface area contributed by atoms with Crippen molar-refractivity contribution in [2.75, 3.05) is 18.4 Å². The first kappa shape index (κ1) is 22.8. The molecule has 4 aromatic rings. The van der Waals surface area contributed by atoms with Gasteiger partial charge in [-0.25, -0.2) is 0 Å². The van der Waals surface area contributed by atoms with Crippen LogP contribution in [-0.2, 0) is 6.54 Å². The van der Waals surface area contributed by atoms with Crippen molar-refractivity contribution in [1.29, 1.82) is 5.26 Å². The zero-order chi connectivity index (χ0) is 24.2. The number of nitrogens with zero attached hydrogens (tertiary/aromatic N) is 4. The summed E-state index contributed by atoms with van der Waals surface area (Å²) in [7, 11) is 0. The van der Waals surface area contributed by atoms with Gasteiger partial charge in [-0.1, -0.05) is 12.5 Å². The van der Waals surface area contributed by atoms with Crippen LogP contribution < -0.4 is 5.32 Å². The van der Waals surface area contributed by atoms with Crippen molar-refractivity contribution in [1.82, 2.24) is 19.9 Å². The molecule has 0 atom stereocenters. The highest BCUT2D eigenvalue weighted by atomic mass is 15.1. The molecular weight excluding hydrogens is 432 g/mol. The number of hydrogen-bond donors (Lipinski definition) is 2. The monoisotopic (exact) mass is 462 g/mol.